The minimum absolute atomic E-state index is 0.240. The first-order chi connectivity index (χ1) is 9.24. The number of rotatable bonds is 1. The number of nitrogens with zero attached hydrogens (tertiary/aromatic N) is 2. The number of aliphatic hydroxyl groups is 1. The van der Waals surface area contributed by atoms with Crippen molar-refractivity contribution in [3.63, 3.8) is 0 Å². The van der Waals surface area contributed by atoms with Gasteiger partial charge in [0.25, 0.3) is 0 Å². The first kappa shape index (κ1) is 10.9. The fourth-order valence-electron chi connectivity index (χ4n) is 2.77. The topological polar surface area (TPSA) is 56.0 Å². The Hall–Kier alpha value is -2.01. The highest BCUT2D eigenvalue weighted by atomic mass is 16.6. The van der Waals surface area contributed by atoms with Crippen molar-refractivity contribution < 1.29 is 14.7 Å². The van der Waals surface area contributed by atoms with Crippen LogP contribution < -0.4 is 4.74 Å². The van der Waals surface area contributed by atoms with E-state index in [2.05, 4.69) is 11.2 Å². The molecule has 2 unspecified atom stereocenters. The van der Waals surface area contributed by atoms with Crippen molar-refractivity contribution in [1.82, 2.24) is 4.57 Å². The minimum atomic E-state index is -0.556. The van der Waals surface area contributed by atoms with E-state index in [-0.39, 0.29) is 5.92 Å². The summed E-state index contributed by atoms with van der Waals surface area (Å²) in [4.78, 5) is 5.17. The molecule has 0 fully saturated rings. The second-order valence-corrected chi connectivity index (χ2v) is 5.04. The predicted octanol–water partition coefficient (Wildman–Crippen LogP) is 1.89. The van der Waals surface area contributed by atoms with E-state index in [9.17, 15) is 5.11 Å². The fourth-order valence-corrected chi connectivity index (χ4v) is 2.77. The predicted molar refractivity (Wildman–Crippen MR) is 70.3 cm³/mol. The lowest BCUT2D eigenvalue weighted by atomic mass is 9.94. The number of aliphatic hydroxyl groups excluding tert-OH is 1. The average Bonchev–Trinajstić information content (AvgIpc) is 3.02. The van der Waals surface area contributed by atoms with Crippen molar-refractivity contribution in [3.8, 4) is 5.75 Å². The van der Waals surface area contributed by atoms with Crippen LogP contribution in [0.15, 0.2) is 29.6 Å². The summed E-state index contributed by atoms with van der Waals surface area (Å²) in [6.07, 6.45) is 1.32. The lowest BCUT2D eigenvalue weighted by Crippen LogP contribution is -2.27. The standard InChI is InChI=1S/C14H14N2O3/c1-8(17)16-3-2-9-4-11-13(5-12(9)16)18-6-10-7-19-15-14(10)11/h2-5,8,10,17H,6-7H2,1H3. The zero-order valence-electron chi connectivity index (χ0n) is 10.5. The molecule has 0 aliphatic carbocycles. The van der Waals surface area contributed by atoms with Crippen molar-refractivity contribution in [2.24, 2.45) is 11.1 Å². The van der Waals surface area contributed by atoms with Crippen LogP contribution >= 0.6 is 0 Å². The summed E-state index contributed by atoms with van der Waals surface area (Å²) in [7, 11) is 0. The second kappa shape index (κ2) is 3.74. The number of benzene rings is 1. The summed E-state index contributed by atoms with van der Waals surface area (Å²) < 4.78 is 7.61. The quantitative estimate of drug-likeness (QED) is 0.850. The van der Waals surface area contributed by atoms with E-state index < -0.39 is 6.23 Å². The molecule has 0 saturated heterocycles. The number of hydrogen-bond donors (Lipinski definition) is 1. The Morgan fingerprint density at radius 1 is 1.42 bits per heavy atom. The molecule has 2 atom stereocenters. The summed E-state index contributed by atoms with van der Waals surface area (Å²) >= 11 is 0. The van der Waals surface area contributed by atoms with Crippen molar-refractivity contribution >= 4 is 16.6 Å². The van der Waals surface area contributed by atoms with Crippen LogP contribution in [0.4, 0.5) is 0 Å². The average molecular weight is 258 g/mol. The molecule has 3 heterocycles. The normalized spacial score (nSPS) is 22.2. The molecule has 19 heavy (non-hydrogen) atoms. The molecule has 1 aromatic heterocycles. The van der Waals surface area contributed by atoms with Gasteiger partial charge in [0.1, 0.15) is 30.9 Å². The number of oxime groups is 1. The Balaban J connectivity index is 1.94. The van der Waals surface area contributed by atoms with Crippen LogP contribution in [0.3, 0.4) is 0 Å². The molecule has 2 aromatic rings. The van der Waals surface area contributed by atoms with Crippen LogP contribution in [0.5, 0.6) is 5.75 Å². The van der Waals surface area contributed by atoms with Gasteiger partial charge < -0.3 is 19.2 Å². The molecule has 1 aromatic carbocycles. The maximum atomic E-state index is 9.74. The summed E-state index contributed by atoms with van der Waals surface area (Å²) in [5, 5.41) is 14.9. The van der Waals surface area contributed by atoms with Gasteiger partial charge in [-0.3, -0.25) is 0 Å². The highest BCUT2D eigenvalue weighted by molar-refractivity contribution is 6.08. The van der Waals surface area contributed by atoms with Gasteiger partial charge in [0.15, 0.2) is 0 Å². The van der Waals surface area contributed by atoms with Gasteiger partial charge in [-0.15, -0.1) is 0 Å². The van der Waals surface area contributed by atoms with Crippen LogP contribution in [0.2, 0.25) is 0 Å². The van der Waals surface area contributed by atoms with E-state index in [1.54, 1.807) is 6.92 Å². The molecule has 0 saturated carbocycles. The maximum Gasteiger partial charge on any atom is 0.130 e. The summed E-state index contributed by atoms with van der Waals surface area (Å²) in [6, 6.07) is 6.01. The zero-order valence-corrected chi connectivity index (χ0v) is 10.5. The van der Waals surface area contributed by atoms with Crippen molar-refractivity contribution in [1.29, 1.82) is 0 Å². The second-order valence-electron chi connectivity index (χ2n) is 5.04. The van der Waals surface area contributed by atoms with Crippen molar-refractivity contribution in [3.05, 3.63) is 30.0 Å². The van der Waals surface area contributed by atoms with E-state index in [0.717, 1.165) is 27.9 Å². The minimum Gasteiger partial charge on any atom is -0.492 e. The van der Waals surface area contributed by atoms with E-state index in [4.69, 9.17) is 9.57 Å². The smallest absolute Gasteiger partial charge is 0.130 e. The van der Waals surface area contributed by atoms with E-state index >= 15 is 0 Å². The molecule has 2 aliphatic rings. The maximum absolute atomic E-state index is 9.74. The van der Waals surface area contributed by atoms with E-state index in [0.29, 0.717) is 13.2 Å². The molecule has 1 N–H and O–H groups in total. The van der Waals surface area contributed by atoms with Gasteiger partial charge in [0, 0.05) is 23.2 Å². The Morgan fingerprint density at radius 2 is 2.32 bits per heavy atom. The van der Waals surface area contributed by atoms with Crippen LogP contribution in [0.25, 0.3) is 10.9 Å². The monoisotopic (exact) mass is 258 g/mol. The summed E-state index contributed by atoms with van der Waals surface area (Å²) in [5.41, 5.74) is 2.95. The third kappa shape index (κ3) is 1.48. The number of ether oxygens (including phenoxy) is 1. The van der Waals surface area contributed by atoms with Gasteiger partial charge in [-0.2, -0.15) is 0 Å². The van der Waals surface area contributed by atoms with Crippen LogP contribution in [0.1, 0.15) is 18.7 Å². The van der Waals surface area contributed by atoms with Crippen molar-refractivity contribution in [2.45, 2.75) is 13.2 Å². The molecular weight excluding hydrogens is 244 g/mol. The number of fused-ring (bicyclic) bond motifs is 4. The molecule has 5 heteroatoms. The van der Waals surface area contributed by atoms with Crippen LogP contribution in [0, 0.1) is 5.92 Å². The Morgan fingerprint density at radius 3 is 3.16 bits per heavy atom. The summed E-state index contributed by atoms with van der Waals surface area (Å²) in [6.45, 7) is 2.94. The van der Waals surface area contributed by atoms with Gasteiger partial charge in [-0.25, -0.2) is 0 Å². The van der Waals surface area contributed by atoms with Crippen LogP contribution in [-0.2, 0) is 4.84 Å². The third-order valence-electron chi connectivity index (χ3n) is 3.77. The number of aromatic nitrogens is 1. The molecule has 0 amide bonds. The first-order valence-corrected chi connectivity index (χ1v) is 6.40. The zero-order chi connectivity index (χ0) is 13.0. The van der Waals surface area contributed by atoms with Gasteiger partial charge in [0.2, 0.25) is 0 Å². The molecular formula is C14H14N2O3. The van der Waals surface area contributed by atoms with E-state index in [1.807, 2.05) is 22.9 Å². The SMILES string of the molecule is CC(O)n1ccc2cc3c(cc21)OCC1CON=C31. The highest BCUT2D eigenvalue weighted by Gasteiger charge is 2.32. The van der Waals surface area contributed by atoms with Crippen LogP contribution in [-0.4, -0.2) is 28.6 Å². The lowest BCUT2D eigenvalue weighted by Gasteiger charge is -2.22. The van der Waals surface area contributed by atoms with Gasteiger partial charge in [-0.05, 0) is 19.1 Å². The van der Waals surface area contributed by atoms with Crippen molar-refractivity contribution in [2.75, 3.05) is 13.2 Å². The molecule has 2 aliphatic heterocycles. The molecule has 0 spiro atoms. The third-order valence-corrected chi connectivity index (χ3v) is 3.77. The molecule has 5 nitrogen and oxygen atoms in total. The molecule has 98 valence electrons. The van der Waals surface area contributed by atoms with E-state index in [1.165, 1.54) is 0 Å². The fraction of sp³-hybridized carbons (Fsp3) is 0.357. The first-order valence-electron chi connectivity index (χ1n) is 6.40. The summed E-state index contributed by atoms with van der Waals surface area (Å²) in [5.74, 6) is 1.05. The number of hydrogen-bond acceptors (Lipinski definition) is 4. The lowest BCUT2D eigenvalue weighted by molar-refractivity contribution is 0.129. The Labute approximate surface area is 110 Å². The Bertz CT molecular complexity index is 687. The van der Waals surface area contributed by atoms with Gasteiger partial charge in [0.05, 0.1) is 11.4 Å². The Kier molecular flexibility index (Phi) is 2.14. The van der Waals surface area contributed by atoms with Gasteiger partial charge >= 0.3 is 0 Å². The van der Waals surface area contributed by atoms with Gasteiger partial charge in [-0.1, -0.05) is 5.16 Å². The molecule has 0 radical (unpaired) electrons. The molecule has 0 bridgehead atoms. The highest BCUT2D eigenvalue weighted by Crippen LogP contribution is 2.35. The molecule has 4 rings (SSSR count). The largest absolute Gasteiger partial charge is 0.492 e.